The fraction of sp³-hybridized carbons (Fsp3) is 0.900. The lowest BCUT2D eigenvalue weighted by atomic mass is 10.2. The molecule has 1 aliphatic rings. The van der Waals surface area contributed by atoms with Crippen molar-refractivity contribution >= 4 is 10.0 Å². The largest absolute Gasteiger partial charge is 0.381 e. The summed E-state index contributed by atoms with van der Waals surface area (Å²) in [6, 6.07) is 1.97. The van der Waals surface area contributed by atoms with Gasteiger partial charge in [0.05, 0.1) is 18.4 Å². The smallest absolute Gasteiger partial charge is 0.214 e. The zero-order chi connectivity index (χ0) is 12.0. The molecule has 1 rings (SSSR count). The van der Waals surface area contributed by atoms with Crippen molar-refractivity contribution < 1.29 is 13.2 Å². The zero-order valence-electron chi connectivity index (χ0n) is 9.55. The highest BCUT2D eigenvalue weighted by Gasteiger charge is 2.27. The van der Waals surface area contributed by atoms with Crippen LogP contribution in [0.25, 0.3) is 0 Å². The van der Waals surface area contributed by atoms with E-state index >= 15 is 0 Å². The normalized spacial score (nSPS) is 21.2. The molecule has 0 aliphatic carbocycles. The van der Waals surface area contributed by atoms with E-state index in [4.69, 9.17) is 10.00 Å². The van der Waals surface area contributed by atoms with E-state index in [9.17, 15) is 8.42 Å². The van der Waals surface area contributed by atoms with Gasteiger partial charge in [0.25, 0.3) is 0 Å². The molecular formula is C10H18N2O3S. The Morgan fingerprint density at radius 1 is 1.56 bits per heavy atom. The molecule has 0 unspecified atom stereocenters. The third-order valence-corrected chi connectivity index (χ3v) is 4.81. The molecular weight excluding hydrogens is 228 g/mol. The Bertz CT molecular complexity index is 342. The monoisotopic (exact) mass is 246 g/mol. The van der Waals surface area contributed by atoms with Gasteiger partial charge in [-0.05, 0) is 12.3 Å². The predicted octanol–water partition coefficient (Wildman–Crippen LogP) is 0.588. The molecule has 92 valence electrons. The van der Waals surface area contributed by atoms with Crippen LogP contribution in [0.1, 0.15) is 19.8 Å². The van der Waals surface area contributed by atoms with Crippen molar-refractivity contribution in [1.82, 2.24) is 4.31 Å². The van der Waals surface area contributed by atoms with Crippen LogP contribution in [0.3, 0.4) is 0 Å². The molecule has 6 heteroatoms. The summed E-state index contributed by atoms with van der Waals surface area (Å²) in [5.74, 6) is 0.257. The van der Waals surface area contributed by atoms with E-state index in [2.05, 4.69) is 0 Å². The third kappa shape index (κ3) is 3.74. The first-order chi connectivity index (χ1) is 7.60. The summed E-state index contributed by atoms with van der Waals surface area (Å²) < 4.78 is 30.5. The minimum absolute atomic E-state index is 0.112. The molecule has 0 radical (unpaired) electrons. The number of nitriles is 1. The van der Waals surface area contributed by atoms with Gasteiger partial charge in [0.1, 0.15) is 0 Å². The average Bonchev–Trinajstić information content (AvgIpc) is 2.70. The van der Waals surface area contributed by atoms with Gasteiger partial charge in [-0.3, -0.25) is 0 Å². The molecule has 1 saturated heterocycles. The number of ether oxygens (including phenoxy) is 1. The van der Waals surface area contributed by atoms with Crippen LogP contribution >= 0.6 is 0 Å². The zero-order valence-corrected chi connectivity index (χ0v) is 10.4. The highest BCUT2D eigenvalue weighted by molar-refractivity contribution is 7.89. The summed E-state index contributed by atoms with van der Waals surface area (Å²) >= 11 is 0. The van der Waals surface area contributed by atoms with Crippen LogP contribution in [0.4, 0.5) is 0 Å². The van der Waals surface area contributed by atoms with Crippen LogP contribution < -0.4 is 0 Å². The standard InChI is InChI=1S/C10H18N2O3S/c1-2-12(6-3-5-11)16(13,14)9-10-4-7-15-8-10/h10H,2-4,6-9H2,1H3/t10-/m1/s1. The quantitative estimate of drug-likeness (QED) is 0.687. The topological polar surface area (TPSA) is 70.4 Å². The summed E-state index contributed by atoms with van der Waals surface area (Å²) in [5, 5.41) is 8.47. The van der Waals surface area contributed by atoms with Crippen LogP contribution in [-0.2, 0) is 14.8 Å². The second-order valence-electron chi connectivity index (χ2n) is 3.91. The van der Waals surface area contributed by atoms with E-state index in [1.165, 1.54) is 4.31 Å². The van der Waals surface area contributed by atoms with Crippen LogP contribution in [0.2, 0.25) is 0 Å². The van der Waals surface area contributed by atoms with E-state index in [0.717, 1.165) is 6.42 Å². The number of hydrogen-bond donors (Lipinski definition) is 0. The fourth-order valence-electron chi connectivity index (χ4n) is 1.79. The van der Waals surface area contributed by atoms with E-state index in [1.54, 1.807) is 6.92 Å². The maximum absolute atomic E-state index is 12.0. The maximum atomic E-state index is 12.0. The first kappa shape index (κ1) is 13.4. The number of rotatable bonds is 6. The molecule has 1 atom stereocenters. The molecule has 0 aromatic heterocycles. The van der Waals surface area contributed by atoms with Crippen molar-refractivity contribution in [2.75, 3.05) is 32.1 Å². The summed E-state index contributed by atoms with van der Waals surface area (Å²) in [6.07, 6.45) is 1.06. The van der Waals surface area contributed by atoms with Gasteiger partial charge >= 0.3 is 0 Å². The molecule has 0 saturated carbocycles. The van der Waals surface area contributed by atoms with Gasteiger partial charge in [-0.2, -0.15) is 5.26 Å². The SMILES string of the molecule is CCN(CCC#N)S(=O)(=O)C[C@@H]1CCOC1. The molecule has 0 spiro atoms. The Morgan fingerprint density at radius 2 is 2.31 bits per heavy atom. The van der Waals surface area contributed by atoms with Gasteiger partial charge in [-0.1, -0.05) is 6.92 Å². The predicted molar refractivity (Wildman–Crippen MR) is 60.2 cm³/mol. The van der Waals surface area contributed by atoms with Gasteiger partial charge in [0.2, 0.25) is 10.0 Å². The van der Waals surface area contributed by atoms with Crippen molar-refractivity contribution in [2.45, 2.75) is 19.8 Å². The lowest BCUT2D eigenvalue weighted by Gasteiger charge is -2.20. The fourth-order valence-corrected chi connectivity index (χ4v) is 3.62. The van der Waals surface area contributed by atoms with Gasteiger partial charge in [0, 0.05) is 26.1 Å². The Hall–Kier alpha value is -0.640. The molecule has 5 nitrogen and oxygen atoms in total. The van der Waals surface area contributed by atoms with E-state index in [-0.39, 0.29) is 18.1 Å². The molecule has 0 aromatic rings. The van der Waals surface area contributed by atoms with E-state index < -0.39 is 10.0 Å². The number of nitrogens with zero attached hydrogens (tertiary/aromatic N) is 2. The van der Waals surface area contributed by atoms with E-state index in [1.807, 2.05) is 6.07 Å². The highest BCUT2D eigenvalue weighted by atomic mass is 32.2. The summed E-state index contributed by atoms with van der Waals surface area (Å²) in [7, 11) is -3.23. The van der Waals surface area contributed by atoms with Gasteiger partial charge in [0.15, 0.2) is 0 Å². The highest BCUT2D eigenvalue weighted by Crippen LogP contribution is 2.16. The molecule has 1 fully saturated rings. The summed E-state index contributed by atoms with van der Waals surface area (Å²) in [6.45, 7) is 3.71. The Morgan fingerprint density at radius 3 is 2.81 bits per heavy atom. The second-order valence-corrected chi connectivity index (χ2v) is 5.92. The van der Waals surface area contributed by atoms with Gasteiger partial charge in [-0.25, -0.2) is 12.7 Å². The molecule has 0 amide bonds. The summed E-state index contributed by atoms with van der Waals surface area (Å²) in [4.78, 5) is 0. The van der Waals surface area contributed by atoms with Crippen molar-refractivity contribution in [3.8, 4) is 6.07 Å². The summed E-state index contributed by atoms with van der Waals surface area (Å²) in [5.41, 5.74) is 0. The van der Waals surface area contributed by atoms with Gasteiger partial charge < -0.3 is 4.74 Å². The van der Waals surface area contributed by atoms with Gasteiger partial charge in [-0.15, -0.1) is 0 Å². The van der Waals surface area contributed by atoms with E-state index in [0.29, 0.717) is 26.3 Å². The Kier molecular flexibility index (Phi) is 5.19. The molecule has 0 bridgehead atoms. The molecule has 1 heterocycles. The Labute approximate surface area is 97.0 Å². The second kappa shape index (κ2) is 6.18. The minimum Gasteiger partial charge on any atom is -0.381 e. The van der Waals surface area contributed by atoms with Crippen molar-refractivity contribution in [1.29, 1.82) is 5.26 Å². The van der Waals surface area contributed by atoms with Crippen LogP contribution in [0, 0.1) is 17.2 Å². The van der Waals surface area contributed by atoms with Crippen LogP contribution in [0.15, 0.2) is 0 Å². The van der Waals surface area contributed by atoms with Crippen molar-refractivity contribution in [3.05, 3.63) is 0 Å². The first-order valence-electron chi connectivity index (χ1n) is 5.52. The molecule has 0 aromatic carbocycles. The lowest BCUT2D eigenvalue weighted by Crippen LogP contribution is -2.36. The lowest BCUT2D eigenvalue weighted by molar-refractivity contribution is 0.188. The molecule has 1 aliphatic heterocycles. The van der Waals surface area contributed by atoms with Crippen LogP contribution in [0.5, 0.6) is 0 Å². The van der Waals surface area contributed by atoms with Crippen molar-refractivity contribution in [3.63, 3.8) is 0 Å². The molecule has 16 heavy (non-hydrogen) atoms. The molecule has 0 N–H and O–H groups in total. The Balaban J connectivity index is 2.55. The maximum Gasteiger partial charge on any atom is 0.214 e. The number of sulfonamides is 1. The minimum atomic E-state index is -3.23. The first-order valence-corrected chi connectivity index (χ1v) is 7.13. The average molecular weight is 246 g/mol. The third-order valence-electron chi connectivity index (χ3n) is 2.69. The van der Waals surface area contributed by atoms with Crippen LogP contribution in [-0.4, -0.2) is 44.8 Å². The van der Waals surface area contributed by atoms with Crippen molar-refractivity contribution in [2.24, 2.45) is 5.92 Å². The number of hydrogen-bond acceptors (Lipinski definition) is 4.